The molecule has 3 nitrogen and oxygen atoms in total. The molecule has 1 atom stereocenters. The molecule has 3 rings (SSSR count). The summed E-state index contributed by atoms with van der Waals surface area (Å²) in [6, 6.07) is 6.35. The van der Waals surface area contributed by atoms with Crippen molar-refractivity contribution in [3.63, 3.8) is 0 Å². The van der Waals surface area contributed by atoms with E-state index in [-0.39, 0.29) is 0 Å². The van der Waals surface area contributed by atoms with Crippen molar-refractivity contribution in [2.24, 2.45) is 0 Å². The molecular weight excluding hydrogens is 260 g/mol. The van der Waals surface area contributed by atoms with Crippen LogP contribution in [0.4, 0.5) is 0 Å². The molecule has 0 aromatic heterocycles. The summed E-state index contributed by atoms with van der Waals surface area (Å²) in [5, 5.41) is 13.4. The van der Waals surface area contributed by atoms with E-state index in [0.29, 0.717) is 11.8 Å². The van der Waals surface area contributed by atoms with Crippen molar-refractivity contribution in [3.8, 4) is 5.75 Å². The highest BCUT2D eigenvalue weighted by molar-refractivity contribution is 5.38. The van der Waals surface area contributed by atoms with Gasteiger partial charge in [-0.15, -0.1) is 0 Å². The summed E-state index contributed by atoms with van der Waals surface area (Å²) in [4.78, 5) is 2.61. The summed E-state index contributed by atoms with van der Waals surface area (Å²) in [5.74, 6) is 0.402. The predicted molar refractivity (Wildman–Crippen MR) is 86.7 cm³/mol. The van der Waals surface area contributed by atoms with E-state index < -0.39 is 0 Å². The molecule has 1 heterocycles. The molecule has 2 aliphatic rings. The van der Waals surface area contributed by atoms with Gasteiger partial charge in [-0.2, -0.15) is 0 Å². The number of nitrogens with zero attached hydrogens (tertiary/aromatic N) is 1. The second kappa shape index (κ2) is 7.28. The van der Waals surface area contributed by atoms with Crippen molar-refractivity contribution in [2.45, 2.75) is 51.0 Å². The lowest BCUT2D eigenvalue weighted by Crippen LogP contribution is -2.35. The number of fused-ring (bicyclic) bond motifs is 1. The molecule has 1 aliphatic heterocycles. The third kappa shape index (κ3) is 3.98. The van der Waals surface area contributed by atoms with Crippen LogP contribution in [0.3, 0.4) is 0 Å². The van der Waals surface area contributed by atoms with Gasteiger partial charge in [0.05, 0.1) is 0 Å². The van der Waals surface area contributed by atoms with E-state index in [0.717, 1.165) is 13.0 Å². The first kappa shape index (κ1) is 14.9. The topological polar surface area (TPSA) is 35.5 Å². The number of phenolic OH excluding ortho intramolecular Hbond substituents is 1. The fourth-order valence-corrected chi connectivity index (χ4v) is 3.77. The Morgan fingerprint density at radius 3 is 2.71 bits per heavy atom. The number of hydrogen-bond donors (Lipinski definition) is 2. The summed E-state index contributed by atoms with van der Waals surface area (Å²) in [6.07, 6.45) is 9.09. The standard InChI is InChI=1S/C18H28N2O/c21-16-8-9-17-15(14-16)6-5-7-18(17)19-10-13-20-11-3-1-2-4-12-20/h8-9,14,18-19,21H,1-7,10-13H2. The number of hydrogen-bond acceptors (Lipinski definition) is 3. The molecule has 1 fully saturated rings. The monoisotopic (exact) mass is 288 g/mol. The zero-order valence-corrected chi connectivity index (χ0v) is 13.0. The molecule has 0 spiro atoms. The van der Waals surface area contributed by atoms with Crippen molar-refractivity contribution in [1.82, 2.24) is 10.2 Å². The Balaban J connectivity index is 1.52. The van der Waals surface area contributed by atoms with Gasteiger partial charge in [-0.1, -0.05) is 18.9 Å². The Labute approximate surface area is 128 Å². The van der Waals surface area contributed by atoms with Crippen LogP contribution in [-0.4, -0.2) is 36.2 Å². The molecule has 0 amide bonds. The fraction of sp³-hybridized carbons (Fsp3) is 0.667. The second-order valence-corrected chi connectivity index (χ2v) is 6.54. The van der Waals surface area contributed by atoms with E-state index in [1.54, 1.807) is 0 Å². The second-order valence-electron chi connectivity index (χ2n) is 6.54. The molecular formula is C18H28N2O. The van der Waals surface area contributed by atoms with Crippen molar-refractivity contribution >= 4 is 0 Å². The number of phenols is 1. The number of aromatic hydroxyl groups is 1. The molecule has 0 bridgehead atoms. The average Bonchev–Trinajstić information content (AvgIpc) is 2.76. The minimum absolute atomic E-state index is 0.402. The van der Waals surface area contributed by atoms with Crippen LogP contribution in [0, 0.1) is 0 Å². The van der Waals surface area contributed by atoms with E-state index >= 15 is 0 Å². The van der Waals surface area contributed by atoms with Crippen LogP contribution >= 0.6 is 0 Å². The van der Waals surface area contributed by atoms with Gasteiger partial charge in [-0.25, -0.2) is 0 Å². The SMILES string of the molecule is Oc1ccc2c(c1)CCCC2NCCN1CCCCCC1. The highest BCUT2D eigenvalue weighted by Gasteiger charge is 2.20. The highest BCUT2D eigenvalue weighted by Crippen LogP contribution is 2.31. The van der Waals surface area contributed by atoms with Crippen molar-refractivity contribution in [3.05, 3.63) is 29.3 Å². The lowest BCUT2D eigenvalue weighted by atomic mass is 9.87. The van der Waals surface area contributed by atoms with Crippen LogP contribution in [-0.2, 0) is 6.42 Å². The van der Waals surface area contributed by atoms with E-state index in [1.807, 2.05) is 12.1 Å². The molecule has 1 aromatic rings. The van der Waals surface area contributed by atoms with Crippen molar-refractivity contribution in [1.29, 1.82) is 0 Å². The van der Waals surface area contributed by atoms with Gasteiger partial charge in [0.1, 0.15) is 5.75 Å². The molecule has 1 aliphatic carbocycles. The normalized spacial score (nSPS) is 23.5. The van der Waals surface area contributed by atoms with Gasteiger partial charge in [-0.3, -0.25) is 0 Å². The van der Waals surface area contributed by atoms with Crippen molar-refractivity contribution in [2.75, 3.05) is 26.2 Å². The van der Waals surface area contributed by atoms with Crippen LogP contribution < -0.4 is 5.32 Å². The maximum atomic E-state index is 9.62. The van der Waals surface area contributed by atoms with E-state index in [1.165, 1.54) is 69.3 Å². The number of benzene rings is 1. The summed E-state index contributed by atoms with van der Waals surface area (Å²) < 4.78 is 0. The first-order chi connectivity index (χ1) is 10.3. The number of likely N-dealkylation sites (tertiary alicyclic amines) is 1. The Bertz CT molecular complexity index is 453. The maximum Gasteiger partial charge on any atom is 0.115 e. The highest BCUT2D eigenvalue weighted by atomic mass is 16.3. The Morgan fingerprint density at radius 2 is 1.90 bits per heavy atom. The molecule has 0 saturated carbocycles. The third-order valence-corrected chi connectivity index (χ3v) is 4.96. The number of rotatable bonds is 4. The van der Waals surface area contributed by atoms with Crippen LogP contribution in [0.15, 0.2) is 18.2 Å². The third-order valence-electron chi connectivity index (χ3n) is 4.96. The molecule has 1 unspecified atom stereocenters. The molecule has 1 saturated heterocycles. The molecule has 21 heavy (non-hydrogen) atoms. The lowest BCUT2D eigenvalue weighted by Gasteiger charge is -2.28. The zero-order valence-electron chi connectivity index (χ0n) is 13.0. The van der Waals surface area contributed by atoms with Crippen LogP contribution in [0.5, 0.6) is 5.75 Å². The summed E-state index contributed by atoms with van der Waals surface area (Å²) in [6.45, 7) is 4.79. The van der Waals surface area contributed by atoms with Gasteiger partial charge >= 0.3 is 0 Å². The number of aryl methyl sites for hydroxylation is 1. The minimum atomic E-state index is 0.402. The Kier molecular flexibility index (Phi) is 5.15. The Hall–Kier alpha value is -1.06. The lowest BCUT2D eigenvalue weighted by molar-refractivity contribution is 0.276. The first-order valence-corrected chi connectivity index (χ1v) is 8.60. The largest absolute Gasteiger partial charge is 0.508 e. The van der Waals surface area contributed by atoms with Gasteiger partial charge in [0.2, 0.25) is 0 Å². The molecule has 1 aromatic carbocycles. The summed E-state index contributed by atoms with van der Waals surface area (Å²) in [5.41, 5.74) is 2.73. The van der Waals surface area contributed by atoms with Gasteiger partial charge in [0.15, 0.2) is 0 Å². The van der Waals surface area contributed by atoms with Crippen LogP contribution in [0.1, 0.15) is 55.7 Å². The van der Waals surface area contributed by atoms with Gasteiger partial charge in [0, 0.05) is 19.1 Å². The van der Waals surface area contributed by atoms with E-state index in [4.69, 9.17) is 0 Å². The molecule has 0 radical (unpaired) electrons. The van der Waals surface area contributed by atoms with Gasteiger partial charge < -0.3 is 15.3 Å². The average molecular weight is 288 g/mol. The summed E-state index contributed by atoms with van der Waals surface area (Å²) >= 11 is 0. The summed E-state index contributed by atoms with van der Waals surface area (Å²) in [7, 11) is 0. The molecule has 116 valence electrons. The van der Waals surface area contributed by atoms with Crippen LogP contribution in [0.25, 0.3) is 0 Å². The van der Waals surface area contributed by atoms with E-state index in [2.05, 4.69) is 16.3 Å². The first-order valence-electron chi connectivity index (χ1n) is 8.60. The molecule has 2 N–H and O–H groups in total. The number of nitrogens with one attached hydrogen (secondary N) is 1. The fourth-order valence-electron chi connectivity index (χ4n) is 3.77. The Morgan fingerprint density at radius 1 is 1.10 bits per heavy atom. The molecule has 3 heteroatoms. The zero-order chi connectivity index (χ0) is 14.5. The van der Waals surface area contributed by atoms with E-state index in [9.17, 15) is 5.11 Å². The van der Waals surface area contributed by atoms with Gasteiger partial charge in [0.25, 0.3) is 0 Å². The van der Waals surface area contributed by atoms with Crippen LogP contribution in [0.2, 0.25) is 0 Å². The van der Waals surface area contributed by atoms with Crippen molar-refractivity contribution < 1.29 is 5.11 Å². The smallest absolute Gasteiger partial charge is 0.115 e. The minimum Gasteiger partial charge on any atom is -0.508 e. The maximum absolute atomic E-state index is 9.62. The quantitative estimate of drug-likeness (QED) is 0.893. The predicted octanol–water partition coefficient (Wildman–Crippen LogP) is 3.24. The van der Waals surface area contributed by atoms with Gasteiger partial charge in [-0.05, 0) is 68.5 Å².